The minimum atomic E-state index is 0.655. The van der Waals surface area contributed by atoms with E-state index in [2.05, 4.69) is 33.5 Å². The molecule has 5 nitrogen and oxygen atoms in total. The molecule has 5 heteroatoms. The third-order valence-electron chi connectivity index (χ3n) is 4.21. The van der Waals surface area contributed by atoms with Crippen molar-refractivity contribution < 1.29 is 4.42 Å². The van der Waals surface area contributed by atoms with Crippen LogP contribution in [0.15, 0.2) is 53.2 Å². The molecular formula is C20H18N4O. The Morgan fingerprint density at radius 2 is 1.88 bits per heavy atom. The van der Waals surface area contributed by atoms with Gasteiger partial charge in [0.1, 0.15) is 17.3 Å². The topological polar surface area (TPSA) is 63.8 Å². The van der Waals surface area contributed by atoms with E-state index in [9.17, 15) is 0 Å². The Balaban J connectivity index is 1.93. The van der Waals surface area contributed by atoms with Crippen LogP contribution in [-0.4, -0.2) is 22.0 Å². The monoisotopic (exact) mass is 330 g/mol. The van der Waals surface area contributed by atoms with E-state index in [1.807, 2.05) is 39.1 Å². The summed E-state index contributed by atoms with van der Waals surface area (Å²) in [5.41, 5.74) is 3.95. The van der Waals surface area contributed by atoms with Crippen molar-refractivity contribution in [3.63, 3.8) is 0 Å². The van der Waals surface area contributed by atoms with E-state index in [0.29, 0.717) is 5.82 Å². The van der Waals surface area contributed by atoms with Gasteiger partial charge in [-0.3, -0.25) is 4.98 Å². The summed E-state index contributed by atoms with van der Waals surface area (Å²) in [6, 6.07) is 12.1. The van der Waals surface area contributed by atoms with Crippen molar-refractivity contribution in [2.24, 2.45) is 0 Å². The highest BCUT2D eigenvalue weighted by atomic mass is 16.3. The van der Waals surface area contributed by atoms with Crippen molar-refractivity contribution in [3.8, 4) is 22.5 Å². The molecule has 0 radical (unpaired) electrons. The number of benzene rings is 1. The van der Waals surface area contributed by atoms with Crippen LogP contribution in [0.1, 0.15) is 11.5 Å². The average molecular weight is 330 g/mol. The lowest BCUT2D eigenvalue weighted by Crippen LogP contribution is -1.99. The molecule has 0 spiro atoms. The zero-order chi connectivity index (χ0) is 17.4. The van der Waals surface area contributed by atoms with Crippen LogP contribution in [0.2, 0.25) is 0 Å². The Hall–Kier alpha value is -3.21. The average Bonchev–Trinajstić information content (AvgIpc) is 2.99. The number of nitrogens with zero attached hydrogens (tertiary/aromatic N) is 3. The Kier molecular flexibility index (Phi) is 3.69. The van der Waals surface area contributed by atoms with Crippen LogP contribution < -0.4 is 5.32 Å². The maximum absolute atomic E-state index is 5.67. The number of nitrogens with one attached hydrogen (secondary N) is 1. The Morgan fingerprint density at radius 1 is 1.00 bits per heavy atom. The van der Waals surface area contributed by atoms with Gasteiger partial charge in [-0.15, -0.1) is 0 Å². The van der Waals surface area contributed by atoms with E-state index >= 15 is 0 Å². The van der Waals surface area contributed by atoms with E-state index in [0.717, 1.165) is 44.9 Å². The lowest BCUT2D eigenvalue weighted by atomic mass is 10.0. The molecule has 3 heterocycles. The molecule has 4 rings (SSSR count). The fourth-order valence-electron chi connectivity index (χ4n) is 3.03. The highest BCUT2D eigenvalue weighted by Crippen LogP contribution is 2.31. The normalized spacial score (nSPS) is 11.0. The number of fused-ring (bicyclic) bond motifs is 1. The summed E-state index contributed by atoms with van der Waals surface area (Å²) < 4.78 is 5.67. The van der Waals surface area contributed by atoms with Gasteiger partial charge in [0, 0.05) is 36.0 Å². The molecule has 0 saturated carbocycles. The number of rotatable bonds is 3. The van der Waals surface area contributed by atoms with E-state index in [1.54, 1.807) is 12.4 Å². The standard InChI is InChI=1S/C20H18N4O/c1-12-9-17(13(2)25-12)14-6-7-16-18(10-14)23-19(24-20(16)21-3)15-5-4-8-22-11-15/h4-11H,1-3H3,(H,21,23,24). The van der Waals surface area contributed by atoms with Gasteiger partial charge in [0.2, 0.25) is 0 Å². The second-order valence-corrected chi connectivity index (χ2v) is 5.95. The summed E-state index contributed by atoms with van der Waals surface area (Å²) in [5.74, 6) is 3.27. The summed E-state index contributed by atoms with van der Waals surface area (Å²) in [5, 5.41) is 4.15. The molecule has 124 valence electrons. The van der Waals surface area contributed by atoms with E-state index < -0.39 is 0 Å². The predicted molar refractivity (Wildman–Crippen MR) is 99.5 cm³/mol. The van der Waals surface area contributed by atoms with E-state index in [1.165, 1.54) is 0 Å². The largest absolute Gasteiger partial charge is 0.466 e. The molecule has 4 aromatic rings. The number of furan rings is 1. The van der Waals surface area contributed by atoms with Gasteiger partial charge in [0.15, 0.2) is 5.82 Å². The third kappa shape index (κ3) is 2.74. The molecule has 0 aliphatic heterocycles. The van der Waals surface area contributed by atoms with Crippen LogP contribution in [0.5, 0.6) is 0 Å². The maximum Gasteiger partial charge on any atom is 0.163 e. The van der Waals surface area contributed by atoms with Crippen molar-refractivity contribution in [2.45, 2.75) is 13.8 Å². The summed E-state index contributed by atoms with van der Waals surface area (Å²) in [6.45, 7) is 3.94. The van der Waals surface area contributed by atoms with Gasteiger partial charge in [0.05, 0.1) is 5.52 Å². The molecule has 0 aliphatic rings. The van der Waals surface area contributed by atoms with Gasteiger partial charge in [0.25, 0.3) is 0 Å². The summed E-state index contributed by atoms with van der Waals surface area (Å²) in [4.78, 5) is 13.6. The van der Waals surface area contributed by atoms with Crippen molar-refractivity contribution in [1.82, 2.24) is 15.0 Å². The third-order valence-corrected chi connectivity index (χ3v) is 4.21. The second-order valence-electron chi connectivity index (χ2n) is 5.95. The number of anilines is 1. The first-order chi connectivity index (χ1) is 12.2. The Morgan fingerprint density at radius 3 is 2.56 bits per heavy atom. The van der Waals surface area contributed by atoms with Crippen molar-refractivity contribution >= 4 is 16.7 Å². The smallest absolute Gasteiger partial charge is 0.163 e. The lowest BCUT2D eigenvalue weighted by Gasteiger charge is -2.09. The minimum absolute atomic E-state index is 0.655. The summed E-state index contributed by atoms with van der Waals surface area (Å²) >= 11 is 0. The fourth-order valence-corrected chi connectivity index (χ4v) is 3.03. The Labute approximate surface area is 145 Å². The molecule has 0 saturated heterocycles. The number of hydrogen-bond donors (Lipinski definition) is 1. The molecule has 0 amide bonds. The van der Waals surface area contributed by atoms with Crippen LogP contribution in [0, 0.1) is 13.8 Å². The fraction of sp³-hybridized carbons (Fsp3) is 0.150. The zero-order valence-electron chi connectivity index (χ0n) is 14.4. The van der Waals surface area contributed by atoms with E-state index in [-0.39, 0.29) is 0 Å². The minimum Gasteiger partial charge on any atom is -0.466 e. The first-order valence-corrected chi connectivity index (χ1v) is 8.13. The molecule has 0 aliphatic carbocycles. The van der Waals surface area contributed by atoms with Gasteiger partial charge >= 0.3 is 0 Å². The molecule has 0 unspecified atom stereocenters. The van der Waals surface area contributed by atoms with Gasteiger partial charge in [-0.05, 0) is 49.7 Å². The van der Waals surface area contributed by atoms with Crippen molar-refractivity contribution in [1.29, 1.82) is 0 Å². The SMILES string of the molecule is CNc1nc(-c2cccnc2)nc2cc(-c3cc(C)oc3C)ccc12. The maximum atomic E-state index is 5.67. The van der Waals surface area contributed by atoms with Crippen LogP contribution in [-0.2, 0) is 0 Å². The molecule has 0 fully saturated rings. The molecule has 1 N–H and O–H groups in total. The van der Waals surface area contributed by atoms with Crippen LogP contribution >= 0.6 is 0 Å². The van der Waals surface area contributed by atoms with Crippen molar-refractivity contribution in [3.05, 3.63) is 60.3 Å². The molecule has 3 aromatic heterocycles. The first kappa shape index (κ1) is 15.3. The summed E-state index contributed by atoms with van der Waals surface area (Å²) in [7, 11) is 1.87. The number of pyridine rings is 1. The highest BCUT2D eigenvalue weighted by molar-refractivity contribution is 5.93. The molecule has 0 bridgehead atoms. The van der Waals surface area contributed by atoms with E-state index in [4.69, 9.17) is 9.40 Å². The quantitative estimate of drug-likeness (QED) is 0.594. The highest BCUT2D eigenvalue weighted by Gasteiger charge is 2.12. The van der Waals surface area contributed by atoms with Gasteiger partial charge < -0.3 is 9.73 Å². The second kappa shape index (κ2) is 6.02. The molecular weight excluding hydrogens is 312 g/mol. The zero-order valence-corrected chi connectivity index (χ0v) is 14.4. The van der Waals surface area contributed by atoms with Gasteiger partial charge in [-0.2, -0.15) is 0 Å². The molecule has 25 heavy (non-hydrogen) atoms. The molecule has 0 atom stereocenters. The van der Waals surface area contributed by atoms with Crippen molar-refractivity contribution in [2.75, 3.05) is 12.4 Å². The van der Waals surface area contributed by atoms with Crippen LogP contribution in [0.4, 0.5) is 5.82 Å². The van der Waals surface area contributed by atoms with Crippen LogP contribution in [0.3, 0.4) is 0 Å². The van der Waals surface area contributed by atoms with Crippen LogP contribution in [0.25, 0.3) is 33.4 Å². The Bertz CT molecular complexity index is 1050. The number of hydrogen-bond acceptors (Lipinski definition) is 5. The predicted octanol–water partition coefficient (Wildman–Crippen LogP) is 4.61. The first-order valence-electron chi connectivity index (χ1n) is 8.13. The number of aryl methyl sites for hydroxylation is 2. The van der Waals surface area contributed by atoms with Gasteiger partial charge in [-0.25, -0.2) is 9.97 Å². The molecule has 1 aromatic carbocycles. The summed E-state index contributed by atoms with van der Waals surface area (Å²) in [6.07, 6.45) is 3.51. The number of aromatic nitrogens is 3. The van der Waals surface area contributed by atoms with Gasteiger partial charge in [-0.1, -0.05) is 6.07 Å². The lowest BCUT2D eigenvalue weighted by molar-refractivity contribution is 0.505.